The van der Waals surface area contributed by atoms with Crippen molar-refractivity contribution >= 4 is 22.7 Å². The van der Waals surface area contributed by atoms with Crippen molar-refractivity contribution in [2.45, 2.75) is 12.1 Å². The molecule has 0 spiro atoms. The Morgan fingerprint density at radius 2 is 0.964 bits per heavy atom. The molecule has 4 N–H and O–H groups in total. The number of benzene rings is 2. The van der Waals surface area contributed by atoms with Gasteiger partial charge in [0.2, 0.25) is 0 Å². The van der Waals surface area contributed by atoms with Crippen molar-refractivity contribution in [3.05, 3.63) is 48.5 Å². The van der Waals surface area contributed by atoms with Crippen LogP contribution in [0.5, 0.6) is 0 Å². The minimum atomic E-state index is 0.405. The van der Waals surface area contributed by atoms with E-state index in [0.717, 1.165) is 50.6 Å². The van der Waals surface area contributed by atoms with E-state index in [9.17, 15) is 0 Å². The van der Waals surface area contributed by atoms with Crippen molar-refractivity contribution in [2.24, 2.45) is 0 Å². The Labute approximate surface area is 168 Å². The monoisotopic (exact) mass is 380 g/mol. The quantitative estimate of drug-likeness (QED) is 0.792. The van der Waals surface area contributed by atoms with Gasteiger partial charge in [0.05, 0.1) is 12.1 Å². The van der Waals surface area contributed by atoms with Crippen molar-refractivity contribution in [1.29, 1.82) is 0 Å². The molecule has 0 bridgehead atoms. The summed E-state index contributed by atoms with van der Waals surface area (Å²) in [5.41, 5.74) is 16.0. The molecule has 4 rings (SSSR count). The molecule has 2 heterocycles. The molecule has 0 radical (unpaired) electrons. The lowest BCUT2D eigenvalue weighted by molar-refractivity contribution is 0.194. The van der Waals surface area contributed by atoms with Gasteiger partial charge >= 0.3 is 0 Å². The molecule has 6 nitrogen and oxygen atoms in total. The van der Waals surface area contributed by atoms with Crippen LogP contribution in [0.1, 0.15) is 0 Å². The van der Waals surface area contributed by atoms with Crippen LogP contribution in [0.3, 0.4) is 0 Å². The van der Waals surface area contributed by atoms with Gasteiger partial charge in [0, 0.05) is 62.0 Å². The smallest absolute Gasteiger partial charge is 0.0633 e. The van der Waals surface area contributed by atoms with Gasteiger partial charge in [-0.1, -0.05) is 0 Å². The fraction of sp³-hybridized carbons (Fsp3) is 0.455. The Hall–Kier alpha value is -2.44. The molecular formula is C22H32N6. The van der Waals surface area contributed by atoms with Crippen molar-refractivity contribution in [1.82, 2.24) is 9.80 Å². The molecule has 2 saturated heterocycles. The molecule has 0 amide bonds. The Bertz CT molecular complexity index is 707. The SMILES string of the molecule is CN1CCN(c2ccc(N)cc2)C(C2CN(C)CCN2c2ccc(N)cc2)C1. The molecule has 2 atom stereocenters. The van der Waals surface area contributed by atoms with E-state index in [1.165, 1.54) is 11.4 Å². The van der Waals surface area contributed by atoms with Crippen LogP contribution in [0.25, 0.3) is 0 Å². The van der Waals surface area contributed by atoms with Crippen LogP contribution in [-0.2, 0) is 0 Å². The minimum absolute atomic E-state index is 0.405. The number of nitrogens with zero attached hydrogens (tertiary/aromatic N) is 4. The lowest BCUT2D eigenvalue weighted by Gasteiger charge is -2.51. The zero-order valence-electron chi connectivity index (χ0n) is 17.0. The van der Waals surface area contributed by atoms with Crippen LogP contribution in [0.4, 0.5) is 22.7 Å². The van der Waals surface area contributed by atoms with Crippen molar-refractivity contribution in [2.75, 3.05) is 74.6 Å². The van der Waals surface area contributed by atoms with Gasteiger partial charge in [0.25, 0.3) is 0 Å². The second-order valence-corrected chi connectivity index (χ2v) is 8.23. The predicted octanol–water partition coefficient (Wildman–Crippen LogP) is 1.79. The molecule has 2 fully saturated rings. The molecule has 2 aliphatic rings. The summed E-state index contributed by atoms with van der Waals surface area (Å²) in [6.45, 7) is 6.31. The van der Waals surface area contributed by atoms with Gasteiger partial charge in [-0.25, -0.2) is 0 Å². The van der Waals surface area contributed by atoms with E-state index in [1.54, 1.807) is 0 Å². The standard InChI is InChI=1S/C22H32N6/c1-25-11-13-27(19-7-3-17(23)4-8-19)21(15-25)22-16-26(2)12-14-28(22)20-9-5-18(24)6-10-20/h3-10,21-22H,11-16,23-24H2,1-2H3. The highest BCUT2D eigenvalue weighted by Crippen LogP contribution is 2.29. The second-order valence-electron chi connectivity index (χ2n) is 8.23. The number of likely N-dealkylation sites (N-methyl/N-ethyl adjacent to an activating group) is 2. The third-order valence-corrected chi connectivity index (χ3v) is 6.14. The fourth-order valence-corrected chi connectivity index (χ4v) is 4.54. The topological polar surface area (TPSA) is 65.0 Å². The molecule has 0 aliphatic carbocycles. The number of nitrogen functional groups attached to an aromatic ring is 2. The van der Waals surface area contributed by atoms with Crippen LogP contribution in [0.15, 0.2) is 48.5 Å². The fourth-order valence-electron chi connectivity index (χ4n) is 4.54. The van der Waals surface area contributed by atoms with E-state index in [0.29, 0.717) is 12.1 Å². The van der Waals surface area contributed by atoms with Gasteiger partial charge in [0.15, 0.2) is 0 Å². The van der Waals surface area contributed by atoms with Crippen LogP contribution < -0.4 is 21.3 Å². The zero-order valence-corrected chi connectivity index (χ0v) is 17.0. The molecule has 0 aromatic heterocycles. The highest BCUT2D eigenvalue weighted by Gasteiger charge is 2.38. The largest absolute Gasteiger partial charge is 0.399 e. The van der Waals surface area contributed by atoms with Crippen LogP contribution in [0, 0.1) is 0 Å². The second kappa shape index (κ2) is 7.89. The highest BCUT2D eigenvalue weighted by atomic mass is 15.4. The van der Waals surface area contributed by atoms with E-state index < -0.39 is 0 Å². The Morgan fingerprint density at radius 1 is 0.607 bits per heavy atom. The first-order chi connectivity index (χ1) is 13.5. The molecule has 2 aromatic rings. The van der Waals surface area contributed by atoms with Crippen LogP contribution in [0.2, 0.25) is 0 Å². The molecule has 150 valence electrons. The number of anilines is 4. The number of piperazine rings is 2. The summed E-state index contributed by atoms with van der Waals surface area (Å²) < 4.78 is 0. The Morgan fingerprint density at radius 3 is 1.32 bits per heavy atom. The summed E-state index contributed by atoms with van der Waals surface area (Å²) in [4.78, 5) is 10.1. The first-order valence-corrected chi connectivity index (χ1v) is 10.1. The van der Waals surface area contributed by atoms with Crippen LogP contribution in [-0.4, -0.2) is 75.2 Å². The van der Waals surface area contributed by atoms with E-state index in [-0.39, 0.29) is 0 Å². The maximum absolute atomic E-state index is 5.93. The molecule has 2 aromatic carbocycles. The number of hydrogen-bond acceptors (Lipinski definition) is 6. The number of rotatable bonds is 3. The van der Waals surface area contributed by atoms with E-state index >= 15 is 0 Å². The van der Waals surface area contributed by atoms with Gasteiger partial charge < -0.3 is 31.1 Å². The molecule has 0 saturated carbocycles. The molecular weight excluding hydrogens is 348 g/mol. The molecule has 2 aliphatic heterocycles. The van der Waals surface area contributed by atoms with Crippen molar-refractivity contribution < 1.29 is 0 Å². The lowest BCUT2D eigenvalue weighted by Crippen LogP contribution is -2.66. The summed E-state index contributed by atoms with van der Waals surface area (Å²) in [5, 5.41) is 0. The summed E-state index contributed by atoms with van der Waals surface area (Å²) in [6.07, 6.45) is 0. The van der Waals surface area contributed by atoms with Gasteiger partial charge in [-0.2, -0.15) is 0 Å². The first kappa shape index (κ1) is 18.9. The Balaban J connectivity index is 1.67. The van der Waals surface area contributed by atoms with Crippen molar-refractivity contribution in [3.8, 4) is 0 Å². The summed E-state index contributed by atoms with van der Waals surface area (Å²) in [6, 6.07) is 17.5. The maximum Gasteiger partial charge on any atom is 0.0633 e. The predicted molar refractivity (Wildman–Crippen MR) is 119 cm³/mol. The van der Waals surface area contributed by atoms with Crippen molar-refractivity contribution in [3.63, 3.8) is 0 Å². The van der Waals surface area contributed by atoms with Gasteiger partial charge in [-0.15, -0.1) is 0 Å². The lowest BCUT2D eigenvalue weighted by atomic mass is 9.97. The minimum Gasteiger partial charge on any atom is -0.399 e. The highest BCUT2D eigenvalue weighted by molar-refractivity contribution is 5.57. The van der Waals surface area contributed by atoms with E-state index in [4.69, 9.17) is 11.5 Å². The van der Waals surface area contributed by atoms with Gasteiger partial charge in [-0.3, -0.25) is 0 Å². The molecule has 28 heavy (non-hydrogen) atoms. The maximum atomic E-state index is 5.93. The third-order valence-electron chi connectivity index (χ3n) is 6.14. The van der Waals surface area contributed by atoms with E-state index in [1.807, 2.05) is 24.3 Å². The summed E-state index contributed by atoms with van der Waals surface area (Å²) in [5.74, 6) is 0. The Kier molecular flexibility index (Phi) is 5.33. The number of nitrogens with two attached hydrogens (primary N) is 2. The normalized spacial score (nSPS) is 24.5. The average Bonchev–Trinajstić information content (AvgIpc) is 2.69. The van der Waals surface area contributed by atoms with Gasteiger partial charge in [0.1, 0.15) is 0 Å². The first-order valence-electron chi connectivity index (χ1n) is 10.1. The third kappa shape index (κ3) is 3.88. The van der Waals surface area contributed by atoms with E-state index in [2.05, 4.69) is 58.0 Å². The number of hydrogen-bond donors (Lipinski definition) is 2. The average molecular weight is 381 g/mol. The van der Waals surface area contributed by atoms with Gasteiger partial charge in [-0.05, 0) is 62.6 Å². The molecule has 6 heteroatoms. The summed E-state index contributed by atoms with van der Waals surface area (Å²) >= 11 is 0. The molecule has 2 unspecified atom stereocenters. The zero-order chi connectivity index (χ0) is 19.7. The summed E-state index contributed by atoms with van der Waals surface area (Å²) in [7, 11) is 4.46. The van der Waals surface area contributed by atoms with Crippen LogP contribution >= 0.6 is 0 Å².